The number of carbonyl (C=O) groups is 2. The van der Waals surface area contributed by atoms with Crippen LogP contribution in [0.5, 0.6) is 11.5 Å². The predicted molar refractivity (Wildman–Crippen MR) is 132 cm³/mol. The zero-order valence-corrected chi connectivity index (χ0v) is 20.1. The number of methoxy groups -OCH3 is 2. The third-order valence-electron chi connectivity index (χ3n) is 5.44. The van der Waals surface area contributed by atoms with E-state index in [0.29, 0.717) is 27.2 Å². The standard InChI is InChI=1S/C25H22BrN3O5/c1-33-21-11-9-17(26)24(34-2)23(21)25(32)28-16-8-10-19-18(12-16)27-14-29(19)20(13-22(30)31)15-6-4-3-5-7-15/h3-12,14,20H,13H2,1-2H3,(H,28,32)(H,30,31). The van der Waals surface area contributed by atoms with E-state index in [-0.39, 0.29) is 12.0 Å². The highest BCUT2D eigenvalue weighted by Crippen LogP contribution is 2.36. The van der Waals surface area contributed by atoms with Gasteiger partial charge in [0.05, 0.1) is 48.5 Å². The number of carbonyl (C=O) groups excluding carboxylic acids is 1. The van der Waals surface area contributed by atoms with Crippen LogP contribution in [0, 0.1) is 0 Å². The lowest BCUT2D eigenvalue weighted by molar-refractivity contribution is -0.137. The molecule has 0 saturated carbocycles. The summed E-state index contributed by atoms with van der Waals surface area (Å²) in [4.78, 5) is 29.1. The zero-order chi connectivity index (χ0) is 24.2. The number of hydrogen-bond acceptors (Lipinski definition) is 5. The van der Waals surface area contributed by atoms with Crippen LogP contribution in [0.1, 0.15) is 28.4 Å². The van der Waals surface area contributed by atoms with E-state index in [1.807, 2.05) is 41.0 Å². The molecule has 8 nitrogen and oxygen atoms in total. The molecule has 0 bridgehead atoms. The zero-order valence-electron chi connectivity index (χ0n) is 18.5. The van der Waals surface area contributed by atoms with E-state index in [2.05, 4.69) is 26.2 Å². The molecule has 0 aliphatic heterocycles. The number of amides is 1. The maximum Gasteiger partial charge on any atom is 0.305 e. The first-order valence-electron chi connectivity index (χ1n) is 10.4. The Hall–Kier alpha value is -3.85. The van der Waals surface area contributed by atoms with Gasteiger partial charge in [-0.25, -0.2) is 4.98 Å². The maximum absolute atomic E-state index is 13.1. The maximum atomic E-state index is 13.1. The van der Waals surface area contributed by atoms with Crippen molar-refractivity contribution in [2.75, 3.05) is 19.5 Å². The summed E-state index contributed by atoms with van der Waals surface area (Å²) in [6.45, 7) is 0. The number of carboxylic acids is 1. The van der Waals surface area contributed by atoms with Crippen LogP contribution in [0.2, 0.25) is 0 Å². The Labute approximate surface area is 204 Å². The number of nitrogens with one attached hydrogen (secondary N) is 1. The molecular weight excluding hydrogens is 502 g/mol. The van der Waals surface area contributed by atoms with Crippen molar-refractivity contribution in [3.63, 3.8) is 0 Å². The van der Waals surface area contributed by atoms with E-state index in [1.165, 1.54) is 14.2 Å². The number of carboxylic acid groups (broad SMARTS) is 1. The number of aliphatic carboxylic acids is 1. The molecule has 1 atom stereocenters. The highest BCUT2D eigenvalue weighted by molar-refractivity contribution is 9.10. The van der Waals surface area contributed by atoms with Crippen molar-refractivity contribution in [2.24, 2.45) is 0 Å². The minimum atomic E-state index is -0.906. The molecule has 0 fully saturated rings. The summed E-state index contributed by atoms with van der Waals surface area (Å²) in [6.07, 6.45) is 1.54. The van der Waals surface area contributed by atoms with Crippen LogP contribution in [0.4, 0.5) is 5.69 Å². The Bertz CT molecular complexity index is 1350. The average Bonchev–Trinajstić information content (AvgIpc) is 3.25. The van der Waals surface area contributed by atoms with Gasteiger partial charge in [0.25, 0.3) is 5.91 Å². The SMILES string of the molecule is COc1ccc(Br)c(OC)c1C(=O)Nc1ccc2c(c1)ncn2C(CC(=O)O)c1ccccc1. The van der Waals surface area contributed by atoms with Gasteiger partial charge in [0, 0.05) is 5.69 Å². The predicted octanol–water partition coefficient (Wildman–Crippen LogP) is 5.13. The van der Waals surface area contributed by atoms with Crippen molar-refractivity contribution in [1.82, 2.24) is 9.55 Å². The lowest BCUT2D eigenvalue weighted by atomic mass is 10.0. The highest BCUT2D eigenvalue weighted by Gasteiger charge is 2.22. The minimum absolute atomic E-state index is 0.0869. The summed E-state index contributed by atoms with van der Waals surface area (Å²) in [6, 6.07) is 17.7. The summed E-state index contributed by atoms with van der Waals surface area (Å²) in [7, 11) is 2.97. The average molecular weight is 524 g/mol. The smallest absolute Gasteiger partial charge is 0.305 e. The first-order chi connectivity index (χ1) is 16.4. The van der Waals surface area contributed by atoms with Crippen molar-refractivity contribution in [1.29, 1.82) is 0 Å². The summed E-state index contributed by atoms with van der Waals surface area (Å²) in [5, 5.41) is 12.3. The number of halogens is 1. The van der Waals surface area contributed by atoms with E-state index in [0.717, 1.165) is 11.1 Å². The lowest BCUT2D eigenvalue weighted by Gasteiger charge is -2.18. The van der Waals surface area contributed by atoms with Crippen LogP contribution >= 0.6 is 15.9 Å². The van der Waals surface area contributed by atoms with E-state index >= 15 is 0 Å². The Morgan fingerprint density at radius 1 is 1.09 bits per heavy atom. The number of rotatable bonds is 8. The molecule has 1 aromatic heterocycles. The second kappa shape index (κ2) is 9.96. The first-order valence-corrected chi connectivity index (χ1v) is 11.2. The first kappa shape index (κ1) is 23.3. The summed E-state index contributed by atoms with van der Waals surface area (Å²) < 4.78 is 13.2. The van der Waals surface area contributed by atoms with Gasteiger partial charge in [-0.05, 0) is 51.8 Å². The monoisotopic (exact) mass is 523 g/mol. The molecule has 4 aromatic rings. The Balaban J connectivity index is 1.67. The van der Waals surface area contributed by atoms with Crippen molar-refractivity contribution in [2.45, 2.75) is 12.5 Å². The van der Waals surface area contributed by atoms with Gasteiger partial charge in [-0.1, -0.05) is 30.3 Å². The van der Waals surface area contributed by atoms with Crippen LogP contribution in [0.3, 0.4) is 0 Å². The molecule has 34 heavy (non-hydrogen) atoms. The third kappa shape index (κ3) is 4.60. The minimum Gasteiger partial charge on any atom is -0.496 e. The number of hydrogen-bond donors (Lipinski definition) is 2. The van der Waals surface area contributed by atoms with Gasteiger partial charge in [-0.15, -0.1) is 0 Å². The summed E-state index contributed by atoms with van der Waals surface area (Å²) in [5.74, 6) is -0.567. The van der Waals surface area contributed by atoms with Gasteiger partial charge < -0.3 is 24.5 Å². The molecule has 1 amide bonds. The fourth-order valence-corrected chi connectivity index (χ4v) is 4.39. The van der Waals surface area contributed by atoms with E-state index in [1.54, 1.807) is 30.6 Å². The molecule has 3 aromatic carbocycles. The van der Waals surface area contributed by atoms with E-state index in [9.17, 15) is 14.7 Å². The molecule has 0 radical (unpaired) electrons. The van der Waals surface area contributed by atoms with Gasteiger partial charge >= 0.3 is 5.97 Å². The number of fused-ring (bicyclic) bond motifs is 1. The highest BCUT2D eigenvalue weighted by atomic mass is 79.9. The number of ether oxygens (including phenoxy) is 2. The van der Waals surface area contributed by atoms with Crippen LogP contribution in [0.25, 0.3) is 11.0 Å². The molecule has 2 N–H and O–H groups in total. The van der Waals surface area contributed by atoms with Crippen LogP contribution in [0.15, 0.2) is 71.5 Å². The van der Waals surface area contributed by atoms with Gasteiger partial charge in [0.1, 0.15) is 17.1 Å². The van der Waals surface area contributed by atoms with Crippen LogP contribution in [-0.2, 0) is 4.79 Å². The van der Waals surface area contributed by atoms with Gasteiger partial charge in [-0.3, -0.25) is 9.59 Å². The quantitative estimate of drug-likeness (QED) is 0.331. The lowest BCUT2D eigenvalue weighted by Crippen LogP contribution is -2.15. The van der Waals surface area contributed by atoms with Gasteiger partial charge in [0.15, 0.2) is 0 Å². The van der Waals surface area contributed by atoms with Gasteiger partial charge in [0.2, 0.25) is 0 Å². The Kier molecular flexibility index (Phi) is 6.83. The molecule has 1 heterocycles. The van der Waals surface area contributed by atoms with Crippen molar-refractivity contribution in [3.05, 3.63) is 82.6 Å². The molecule has 0 saturated heterocycles. The number of nitrogens with zero attached hydrogens (tertiary/aromatic N) is 2. The normalized spacial score (nSPS) is 11.7. The second-order valence-electron chi connectivity index (χ2n) is 7.49. The number of imidazole rings is 1. The van der Waals surface area contributed by atoms with Crippen molar-refractivity contribution in [3.8, 4) is 11.5 Å². The number of anilines is 1. The molecule has 9 heteroatoms. The Morgan fingerprint density at radius 2 is 1.85 bits per heavy atom. The number of benzene rings is 3. The van der Waals surface area contributed by atoms with E-state index in [4.69, 9.17) is 9.47 Å². The fraction of sp³-hybridized carbons (Fsp3) is 0.160. The van der Waals surface area contributed by atoms with Crippen molar-refractivity contribution < 1.29 is 24.2 Å². The second-order valence-corrected chi connectivity index (χ2v) is 8.35. The van der Waals surface area contributed by atoms with Gasteiger partial charge in [-0.2, -0.15) is 0 Å². The summed E-state index contributed by atoms with van der Waals surface area (Å²) >= 11 is 3.39. The topological polar surface area (TPSA) is 103 Å². The molecule has 174 valence electrons. The molecule has 0 aliphatic carbocycles. The molecular formula is C25H22BrN3O5. The van der Waals surface area contributed by atoms with Crippen LogP contribution < -0.4 is 14.8 Å². The Morgan fingerprint density at radius 3 is 2.53 bits per heavy atom. The molecule has 1 unspecified atom stereocenters. The van der Waals surface area contributed by atoms with Crippen molar-refractivity contribution >= 4 is 44.5 Å². The van der Waals surface area contributed by atoms with Crippen LogP contribution in [-0.4, -0.2) is 40.8 Å². The fourth-order valence-electron chi connectivity index (χ4n) is 3.89. The molecule has 4 rings (SSSR count). The number of aromatic nitrogens is 2. The van der Waals surface area contributed by atoms with E-state index < -0.39 is 17.9 Å². The third-order valence-corrected chi connectivity index (χ3v) is 6.07. The largest absolute Gasteiger partial charge is 0.496 e. The molecule has 0 aliphatic rings. The summed E-state index contributed by atoms with van der Waals surface area (Å²) in [5.41, 5.74) is 3.04. The molecule has 0 spiro atoms.